The molecule has 0 radical (unpaired) electrons. The Morgan fingerprint density at radius 1 is 1.04 bits per heavy atom. The molecule has 1 aliphatic rings. The summed E-state index contributed by atoms with van der Waals surface area (Å²) in [6.07, 6.45) is 1.88. The first kappa shape index (κ1) is 18.3. The third kappa shape index (κ3) is 3.83. The number of aromatic nitrogens is 1. The lowest BCUT2D eigenvalue weighted by molar-refractivity contribution is -0.385. The molecule has 0 aliphatic carbocycles. The van der Waals surface area contributed by atoms with Crippen LogP contribution in [0.5, 0.6) is 0 Å². The minimum absolute atomic E-state index is 0.0628. The van der Waals surface area contributed by atoms with Crippen molar-refractivity contribution in [2.24, 2.45) is 0 Å². The topological polar surface area (TPSA) is 96.7 Å². The smallest absolute Gasteiger partial charge is 0.287 e. The molecule has 8 nitrogen and oxygen atoms in total. The fraction of sp³-hybridized carbons (Fsp3) is 0.353. The van der Waals surface area contributed by atoms with E-state index in [9.17, 15) is 18.5 Å². The van der Waals surface area contributed by atoms with Gasteiger partial charge in [0.05, 0.1) is 9.82 Å². The molecule has 9 heteroatoms. The zero-order valence-electron chi connectivity index (χ0n) is 14.4. The van der Waals surface area contributed by atoms with Crippen LogP contribution < -0.4 is 4.90 Å². The Kier molecular flexibility index (Phi) is 5.19. The largest absolute Gasteiger partial charge is 0.355 e. The summed E-state index contributed by atoms with van der Waals surface area (Å²) in [5.41, 5.74) is 0.947. The van der Waals surface area contributed by atoms with E-state index in [-0.39, 0.29) is 5.69 Å². The fourth-order valence-electron chi connectivity index (χ4n) is 2.90. The quantitative estimate of drug-likeness (QED) is 0.599. The second-order valence-electron chi connectivity index (χ2n) is 6.19. The van der Waals surface area contributed by atoms with E-state index in [2.05, 4.69) is 4.98 Å². The van der Waals surface area contributed by atoms with Crippen molar-refractivity contribution in [1.82, 2.24) is 9.29 Å². The van der Waals surface area contributed by atoms with Gasteiger partial charge >= 0.3 is 0 Å². The van der Waals surface area contributed by atoms with E-state index < -0.39 is 14.9 Å². The lowest BCUT2D eigenvalue weighted by Crippen LogP contribution is -2.35. The molecule has 0 saturated carbocycles. The molecule has 2 aromatic rings. The zero-order valence-corrected chi connectivity index (χ0v) is 15.2. The van der Waals surface area contributed by atoms with Crippen LogP contribution in [0.25, 0.3) is 0 Å². The monoisotopic (exact) mass is 376 g/mol. The van der Waals surface area contributed by atoms with Crippen LogP contribution in [0.4, 0.5) is 11.5 Å². The molecule has 0 bridgehead atoms. The molecular weight excluding hydrogens is 356 g/mol. The van der Waals surface area contributed by atoms with E-state index >= 15 is 0 Å². The van der Waals surface area contributed by atoms with Gasteiger partial charge in [0.1, 0.15) is 12.0 Å². The van der Waals surface area contributed by atoms with E-state index in [0.29, 0.717) is 43.3 Å². The zero-order chi connectivity index (χ0) is 18.7. The van der Waals surface area contributed by atoms with Crippen LogP contribution in [0.3, 0.4) is 0 Å². The normalized spacial score (nSPS) is 16.3. The predicted octanol–water partition coefficient (Wildman–Crippen LogP) is 2.20. The summed E-state index contributed by atoms with van der Waals surface area (Å²) >= 11 is 0. The highest BCUT2D eigenvalue weighted by molar-refractivity contribution is 7.89. The van der Waals surface area contributed by atoms with E-state index in [4.69, 9.17) is 0 Å². The first-order valence-corrected chi connectivity index (χ1v) is 9.74. The van der Waals surface area contributed by atoms with Gasteiger partial charge in [-0.15, -0.1) is 0 Å². The van der Waals surface area contributed by atoms with Crippen molar-refractivity contribution in [2.75, 3.05) is 31.1 Å². The van der Waals surface area contributed by atoms with Crippen LogP contribution in [0.1, 0.15) is 12.0 Å². The number of hydrogen-bond acceptors (Lipinski definition) is 6. The molecule has 0 N–H and O–H groups in total. The molecule has 3 rings (SSSR count). The average Bonchev–Trinajstić information content (AvgIpc) is 2.89. The van der Waals surface area contributed by atoms with Gasteiger partial charge in [-0.05, 0) is 31.5 Å². The third-order valence-corrected chi connectivity index (χ3v) is 6.29. The maximum atomic E-state index is 12.8. The van der Waals surface area contributed by atoms with Crippen LogP contribution >= 0.6 is 0 Å². The maximum absolute atomic E-state index is 12.8. The lowest BCUT2D eigenvalue weighted by Gasteiger charge is -2.22. The highest BCUT2D eigenvalue weighted by Crippen LogP contribution is 2.21. The van der Waals surface area contributed by atoms with Crippen LogP contribution in [0.15, 0.2) is 47.5 Å². The average molecular weight is 376 g/mol. The summed E-state index contributed by atoms with van der Waals surface area (Å²) in [7, 11) is -3.53. The van der Waals surface area contributed by atoms with Crippen molar-refractivity contribution < 1.29 is 13.3 Å². The van der Waals surface area contributed by atoms with Gasteiger partial charge in [0.25, 0.3) is 5.69 Å². The van der Waals surface area contributed by atoms with Gasteiger partial charge in [-0.3, -0.25) is 10.1 Å². The van der Waals surface area contributed by atoms with Crippen molar-refractivity contribution in [3.05, 3.63) is 58.3 Å². The molecule has 0 unspecified atom stereocenters. The van der Waals surface area contributed by atoms with Gasteiger partial charge in [0.2, 0.25) is 10.0 Å². The number of sulfonamides is 1. The van der Waals surface area contributed by atoms with Crippen LogP contribution in [-0.2, 0) is 10.0 Å². The Morgan fingerprint density at radius 3 is 2.38 bits per heavy atom. The number of benzene rings is 1. The van der Waals surface area contributed by atoms with Gasteiger partial charge in [0, 0.05) is 32.2 Å². The molecule has 1 aliphatic heterocycles. The first-order chi connectivity index (χ1) is 12.4. The van der Waals surface area contributed by atoms with Gasteiger partial charge < -0.3 is 4.90 Å². The number of rotatable bonds is 4. The van der Waals surface area contributed by atoms with Crippen molar-refractivity contribution in [1.29, 1.82) is 0 Å². The van der Waals surface area contributed by atoms with Crippen LogP contribution in [0.2, 0.25) is 0 Å². The molecule has 26 heavy (non-hydrogen) atoms. The van der Waals surface area contributed by atoms with Crippen molar-refractivity contribution in [3.63, 3.8) is 0 Å². The minimum Gasteiger partial charge on any atom is -0.355 e. The Bertz CT molecular complexity index is 882. The van der Waals surface area contributed by atoms with Gasteiger partial charge in [-0.25, -0.2) is 13.4 Å². The number of anilines is 1. The summed E-state index contributed by atoms with van der Waals surface area (Å²) in [5, 5.41) is 10.7. The summed E-state index contributed by atoms with van der Waals surface area (Å²) in [4.78, 5) is 16.6. The van der Waals surface area contributed by atoms with Crippen molar-refractivity contribution in [2.45, 2.75) is 18.2 Å². The van der Waals surface area contributed by atoms with E-state index in [0.717, 1.165) is 5.56 Å². The Morgan fingerprint density at radius 2 is 1.77 bits per heavy atom. The first-order valence-electron chi connectivity index (χ1n) is 8.30. The maximum Gasteiger partial charge on any atom is 0.287 e. The second kappa shape index (κ2) is 7.38. The molecule has 1 aromatic heterocycles. The van der Waals surface area contributed by atoms with Gasteiger partial charge in [0.15, 0.2) is 0 Å². The van der Waals surface area contributed by atoms with Crippen LogP contribution in [-0.4, -0.2) is 48.8 Å². The molecule has 2 heterocycles. The molecule has 0 spiro atoms. The Labute approximate surface area is 152 Å². The highest BCUT2D eigenvalue weighted by atomic mass is 32.2. The fourth-order valence-corrected chi connectivity index (χ4v) is 4.37. The standard InChI is InChI=1S/C17H20N4O4S/c1-14-3-6-16(7-4-14)26(24,25)20-10-2-9-19(11-12-20)17-8-5-15(13-18-17)21(22)23/h3-8,13H,2,9-12H2,1H3. The van der Waals surface area contributed by atoms with Crippen LogP contribution in [0, 0.1) is 17.0 Å². The molecular formula is C17H20N4O4S. The van der Waals surface area contributed by atoms with Gasteiger partial charge in [-0.2, -0.15) is 4.31 Å². The number of hydrogen-bond donors (Lipinski definition) is 0. The SMILES string of the molecule is Cc1ccc(S(=O)(=O)N2CCCN(c3ccc([N+](=O)[O-])cn3)CC2)cc1. The third-order valence-electron chi connectivity index (χ3n) is 4.38. The lowest BCUT2D eigenvalue weighted by atomic mass is 10.2. The second-order valence-corrected chi connectivity index (χ2v) is 8.13. The van der Waals surface area contributed by atoms with E-state index in [1.54, 1.807) is 30.3 Å². The van der Waals surface area contributed by atoms with Crippen molar-refractivity contribution in [3.8, 4) is 0 Å². The molecule has 0 amide bonds. The Balaban J connectivity index is 1.73. The van der Waals surface area contributed by atoms with E-state index in [1.165, 1.54) is 16.6 Å². The summed E-state index contributed by atoms with van der Waals surface area (Å²) in [5.74, 6) is 0.616. The van der Waals surface area contributed by atoms with Crippen molar-refractivity contribution >= 4 is 21.5 Å². The number of nitrogens with zero attached hydrogens (tertiary/aromatic N) is 4. The minimum atomic E-state index is -3.53. The summed E-state index contributed by atoms with van der Waals surface area (Å²) in [6.45, 7) is 3.81. The molecule has 1 aromatic carbocycles. The molecule has 1 saturated heterocycles. The number of pyridine rings is 1. The molecule has 1 fully saturated rings. The molecule has 138 valence electrons. The summed E-state index contributed by atoms with van der Waals surface area (Å²) in [6, 6.07) is 9.85. The number of aryl methyl sites for hydroxylation is 1. The predicted molar refractivity (Wildman–Crippen MR) is 97.7 cm³/mol. The van der Waals surface area contributed by atoms with E-state index in [1.807, 2.05) is 11.8 Å². The summed E-state index contributed by atoms with van der Waals surface area (Å²) < 4.78 is 27.2. The Hall–Kier alpha value is -2.52. The molecule has 0 atom stereocenters. The highest BCUT2D eigenvalue weighted by Gasteiger charge is 2.27. The number of nitro groups is 1. The van der Waals surface area contributed by atoms with Gasteiger partial charge in [-0.1, -0.05) is 17.7 Å².